The van der Waals surface area contributed by atoms with Crippen LogP contribution in [0.25, 0.3) is 0 Å². The molecule has 6 heteroatoms. The number of ether oxygens (including phenoxy) is 1. The second kappa shape index (κ2) is 5.99. The number of carbonyl (C=O) groups is 1. The van der Waals surface area contributed by atoms with Crippen LogP contribution in [0, 0.1) is 6.92 Å². The maximum atomic E-state index is 11.9. The third-order valence-corrected chi connectivity index (χ3v) is 2.41. The molecule has 6 nitrogen and oxygen atoms in total. The van der Waals surface area contributed by atoms with Crippen molar-refractivity contribution in [1.82, 2.24) is 15.2 Å². The Balaban J connectivity index is 1.99. The molecular formula is C13H16N4O2. The number of benzene rings is 1. The van der Waals surface area contributed by atoms with Gasteiger partial charge in [-0.2, -0.15) is 4.98 Å². The van der Waals surface area contributed by atoms with Crippen LogP contribution < -0.4 is 10.1 Å². The van der Waals surface area contributed by atoms with Crippen LogP contribution in [0.15, 0.2) is 24.3 Å². The summed E-state index contributed by atoms with van der Waals surface area (Å²) in [4.78, 5) is 15.9. The molecule has 2 rings (SSSR count). The minimum absolute atomic E-state index is 0.249. The molecule has 1 aromatic heterocycles. The number of nitrogens with one attached hydrogen (secondary N) is 2. The van der Waals surface area contributed by atoms with Crippen molar-refractivity contribution in [3.8, 4) is 5.75 Å². The lowest BCUT2D eigenvalue weighted by atomic mass is 10.2. The van der Waals surface area contributed by atoms with Gasteiger partial charge in [0.1, 0.15) is 11.6 Å². The third-order valence-electron chi connectivity index (χ3n) is 2.41. The Morgan fingerprint density at radius 3 is 2.68 bits per heavy atom. The molecule has 1 amide bonds. The molecule has 0 bridgehead atoms. The smallest absolute Gasteiger partial charge is 0.258 e. The quantitative estimate of drug-likeness (QED) is 0.863. The minimum atomic E-state index is -0.249. The Hall–Kier alpha value is -2.37. The molecule has 1 aromatic carbocycles. The zero-order valence-corrected chi connectivity index (χ0v) is 10.9. The van der Waals surface area contributed by atoms with Gasteiger partial charge < -0.3 is 4.74 Å². The SMILES string of the molecule is CCCOc1ccc(C(=O)Nc2n[nH]c(C)n2)cc1. The average Bonchev–Trinajstić information content (AvgIpc) is 2.82. The normalized spacial score (nSPS) is 10.2. The van der Waals surface area contributed by atoms with E-state index in [-0.39, 0.29) is 11.9 Å². The van der Waals surface area contributed by atoms with Gasteiger partial charge in [0.05, 0.1) is 6.61 Å². The van der Waals surface area contributed by atoms with E-state index in [4.69, 9.17) is 4.74 Å². The highest BCUT2D eigenvalue weighted by Gasteiger charge is 2.08. The molecule has 0 atom stereocenters. The van der Waals surface area contributed by atoms with Crippen LogP contribution in [0.1, 0.15) is 29.5 Å². The molecule has 0 unspecified atom stereocenters. The summed E-state index contributed by atoms with van der Waals surface area (Å²) in [6.45, 7) is 4.48. The standard InChI is InChI=1S/C13H16N4O2/c1-3-8-19-11-6-4-10(5-7-11)12(18)15-13-14-9(2)16-17-13/h4-7H,3,8H2,1-2H3,(H2,14,15,16,17,18). The molecule has 19 heavy (non-hydrogen) atoms. The van der Waals surface area contributed by atoms with Crippen LogP contribution in [-0.2, 0) is 0 Å². The minimum Gasteiger partial charge on any atom is -0.494 e. The Morgan fingerprint density at radius 2 is 2.11 bits per heavy atom. The lowest BCUT2D eigenvalue weighted by Crippen LogP contribution is -2.12. The van der Waals surface area contributed by atoms with Crippen molar-refractivity contribution in [2.45, 2.75) is 20.3 Å². The van der Waals surface area contributed by atoms with Gasteiger partial charge >= 0.3 is 0 Å². The number of aryl methyl sites for hydroxylation is 1. The number of aromatic amines is 1. The summed E-state index contributed by atoms with van der Waals surface area (Å²) >= 11 is 0. The van der Waals surface area contributed by atoms with Crippen molar-refractivity contribution in [3.05, 3.63) is 35.7 Å². The van der Waals surface area contributed by atoms with Crippen molar-refractivity contribution in [2.75, 3.05) is 11.9 Å². The molecule has 0 fully saturated rings. The number of anilines is 1. The van der Waals surface area contributed by atoms with Crippen LogP contribution in [-0.4, -0.2) is 27.7 Å². The largest absolute Gasteiger partial charge is 0.494 e. The van der Waals surface area contributed by atoms with Crippen molar-refractivity contribution in [2.24, 2.45) is 0 Å². The van der Waals surface area contributed by atoms with E-state index in [9.17, 15) is 4.79 Å². The van der Waals surface area contributed by atoms with E-state index in [0.717, 1.165) is 12.2 Å². The van der Waals surface area contributed by atoms with Gasteiger partial charge in [-0.3, -0.25) is 15.2 Å². The van der Waals surface area contributed by atoms with Gasteiger partial charge in [-0.25, -0.2) is 0 Å². The van der Waals surface area contributed by atoms with Crippen molar-refractivity contribution >= 4 is 11.9 Å². The van der Waals surface area contributed by atoms with Crippen LogP contribution in [0.2, 0.25) is 0 Å². The second-order valence-electron chi connectivity index (χ2n) is 4.07. The fraction of sp³-hybridized carbons (Fsp3) is 0.308. The van der Waals surface area contributed by atoms with Crippen molar-refractivity contribution in [1.29, 1.82) is 0 Å². The molecule has 1 heterocycles. The van der Waals surface area contributed by atoms with E-state index in [2.05, 4.69) is 20.5 Å². The van der Waals surface area contributed by atoms with Gasteiger partial charge in [0, 0.05) is 5.56 Å². The Bertz CT molecular complexity index is 548. The maximum absolute atomic E-state index is 11.9. The first-order valence-corrected chi connectivity index (χ1v) is 6.12. The number of H-pyrrole nitrogens is 1. The highest BCUT2D eigenvalue weighted by atomic mass is 16.5. The molecule has 0 aliphatic heterocycles. The average molecular weight is 260 g/mol. The van der Waals surface area contributed by atoms with Gasteiger partial charge in [0.25, 0.3) is 5.91 Å². The van der Waals surface area contributed by atoms with Crippen LogP contribution >= 0.6 is 0 Å². The predicted molar refractivity (Wildman–Crippen MR) is 71.3 cm³/mol. The summed E-state index contributed by atoms with van der Waals surface area (Å²) in [6.07, 6.45) is 0.951. The number of carbonyl (C=O) groups excluding carboxylic acids is 1. The highest BCUT2D eigenvalue weighted by Crippen LogP contribution is 2.13. The van der Waals surface area contributed by atoms with Crippen LogP contribution in [0.4, 0.5) is 5.95 Å². The summed E-state index contributed by atoms with van der Waals surface area (Å²) in [6, 6.07) is 6.96. The number of nitrogens with zero attached hydrogens (tertiary/aromatic N) is 2. The van der Waals surface area contributed by atoms with Crippen LogP contribution in [0.3, 0.4) is 0 Å². The van der Waals surface area contributed by atoms with E-state index in [1.807, 2.05) is 6.92 Å². The first-order valence-electron chi connectivity index (χ1n) is 6.12. The second-order valence-corrected chi connectivity index (χ2v) is 4.07. The predicted octanol–water partition coefficient (Wildman–Crippen LogP) is 2.15. The number of aromatic nitrogens is 3. The molecule has 2 aromatic rings. The summed E-state index contributed by atoms with van der Waals surface area (Å²) in [7, 11) is 0. The number of amides is 1. The third kappa shape index (κ3) is 3.54. The monoisotopic (exact) mass is 260 g/mol. The fourth-order valence-electron chi connectivity index (χ4n) is 1.49. The fourth-order valence-corrected chi connectivity index (χ4v) is 1.49. The molecule has 0 saturated heterocycles. The first-order chi connectivity index (χ1) is 9.19. The summed E-state index contributed by atoms with van der Waals surface area (Å²) in [5, 5.41) is 9.12. The number of hydrogen-bond acceptors (Lipinski definition) is 4. The molecule has 0 spiro atoms. The first kappa shape index (κ1) is 13.1. The van der Waals surface area contributed by atoms with E-state index < -0.39 is 0 Å². The van der Waals surface area contributed by atoms with E-state index in [0.29, 0.717) is 18.0 Å². The molecule has 2 N–H and O–H groups in total. The molecule has 0 saturated carbocycles. The molecular weight excluding hydrogens is 244 g/mol. The number of rotatable bonds is 5. The van der Waals surface area contributed by atoms with Crippen LogP contribution in [0.5, 0.6) is 5.75 Å². The maximum Gasteiger partial charge on any atom is 0.258 e. The molecule has 0 radical (unpaired) electrons. The van der Waals surface area contributed by atoms with E-state index in [1.165, 1.54) is 0 Å². The van der Waals surface area contributed by atoms with Crippen molar-refractivity contribution < 1.29 is 9.53 Å². The Kier molecular flexibility index (Phi) is 4.12. The van der Waals surface area contributed by atoms with Gasteiger partial charge in [0.15, 0.2) is 0 Å². The summed E-state index contributed by atoms with van der Waals surface area (Å²) < 4.78 is 5.45. The zero-order chi connectivity index (χ0) is 13.7. The topological polar surface area (TPSA) is 79.9 Å². The van der Waals surface area contributed by atoms with E-state index in [1.54, 1.807) is 31.2 Å². The lowest BCUT2D eigenvalue weighted by molar-refractivity contribution is 0.102. The van der Waals surface area contributed by atoms with Gasteiger partial charge in [-0.1, -0.05) is 6.92 Å². The molecule has 0 aliphatic rings. The number of hydrogen-bond donors (Lipinski definition) is 2. The summed E-state index contributed by atoms with van der Waals surface area (Å²) in [5.41, 5.74) is 0.534. The molecule has 100 valence electrons. The van der Waals surface area contributed by atoms with Crippen molar-refractivity contribution in [3.63, 3.8) is 0 Å². The molecule has 0 aliphatic carbocycles. The van der Waals surface area contributed by atoms with E-state index >= 15 is 0 Å². The Labute approximate surface area is 111 Å². The van der Waals surface area contributed by atoms with Gasteiger partial charge in [-0.05, 0) is 37.6 Å². The van der Waals surface area contributed by atoms with Gasteiger partial charge in [0.2, 0.25) is 5.95 Å². The zero-order valence-electron chi connectivity index (χ0n) is 10.9. The Morgan fingerprint density at radius 1 is 1.37 bits per heavy atom. The highest BCUT2D eigenvalue weighted by molar-refractivity contribution is 6.03. The lowest BCUT2D eigenvalue weighted by Gasteiger charge is -2.05. The summed E-state index contributed by atoms with van der Waals surface area (Å²) in [5.74, 6) is 1.43. The van der Waals surface area contributed by atoms with Gasteiger partial charge in [-0.15, -0.1) is 5.10 Å².